The van der Waals surface area contributed by atoms with E-state index >= 15 is 0 Å². The first-order chi connectivity index (χ1) is 8.71. The molecule has 2 unspecified atom stereocenters. The van der Waals surface area contributed by atoms with Crippen LogP contribution in [0.5, 0.6) is 0 Å². The van der Waals surface area contributed by atoms with Gasteiger partial charge in [0.2, 0.25) is 0 Å². The molecule has 0 saturated heterocycles. The second-order valence-corrected chi connectivity index (χ2v) is 4.54. The molecule has 2 rings (SSSR count). The van der Waals surface area contributed by atoms with Crippen molar-refractivity contribution in [3.05, 3.63) is 11.9 Å². The van der Waals surface area contributed by atoms with Crippen LogP contribution in [0.4, 0.5) is 11.6 Å². The lowest BCUT2D eigenvalue weighted by Gasteiger charge is -2.14. The third kappa shape index (κ3) is 3.30. The van der Waals surface area contributed by atoms with Crippen molar-refractivity contribution in [2.75, 3.05) is 25.3 Å². The van der Waals surface area contributed by atoms with E-state index in [0.717, 1.165) is 25.1 Å². The molecule has 0 aliphatic heterocycles. The second kappa shape index (κ2) is 5.97. The monoisotopic (exact) mass is 252 g/mol. The predicted octanol–water partition coefficient (Wildman–Crippen LogP) is 1.18. The largest absolute Gasteiger partial charge is 0.384 e. The van der Waals surface area contributed by atoms with Gasteiger partial charge in [0, 0.05) is 26.3 Å². The predicted molar refractivity (Wildman–Crippen MR) is 69.2 cm³/mol. The van der Waals surface area contributed by atoms with Gasteiger partial charge in [0.25, 0.3) is 0 Å². The summed E-state index contributed by atoms with van der Waals surface area (Å²) in [5, 5.41) is 3.38. The average Bonchev–Trinajstić information content (AvgIpc) is 2.76. The number of anilines is 2. The molecule has 1 aliphatic rings. The van der Waals surface area contributed by atoms with Crippen LogP contribution in [0.2, 0.25) is 0 Å². The number of nitrogens with two attached hydrogens (primary N) is 1. The number of hydrogen-bond donors (Lipinski definition) is 2. The Bertz CT molecular complexity index is 400. The number of nitrogens with zero attached hydrogens (tertiary/aromatic N) is 2. The minimum Gasteiger partial charge on any atom is -0.384 e. The molecule has 1 aromatic rings. The van der Waals surface area contributed by atoms with Crippen LogP contribution in [0.25, 0.3) is 0 Å². The Balaban J connectivity index is 2.00. The maximum absolute atomic E-state index is 5.75. The van der Waals surface area contributed by atoms with Crippen LogP contribution < -0.4 is 11.1 Å². The minimum absolute atomic E-state index is 0.347. The highest BCUT2D eigenvalue weighted by Crippen LogP contribution is 2.24. The van der Waals surface area contributed by atoms with Crippen LogP contribution in [0.3, 0.4) is 0 Å². The zero-order valence-corrected chi connectivity index (χ0v) is 10.8. The molecule has 0 amide bonds. The molecule has 1 saturated carbocycles. The van der Waals surface area contributed by atoms with E-state index in [2.05, 4.69) is 15.3 Å². The van der Waals surface area contributed by atoms with Crippen LogP contribution in [-0.4, -0.2) is 36.3 Å². The Labute approximate surface area is 107 Å². The normalized spacial score (nSPS) is 23.2. The zero-order valence-electron chi connectivity index (χ0n) is 10.8. The van der Waals surface area contributed by atoms with Gasteiger partial charge in [-0.3, -0.25) is 0 Å². The molecule has 18 heavy (non-hydrogen) atoms. The minimum atomic E-state index is 0.347. The van der Waals surface area contributed by atoms with Gasteiger partial charge in [-0.25, -0.2) is 9.97 Å². The van der Waals surface area contributed by atoms with Gasteiger partial charge >= 0.3 is 0 Å². The summed E-state index contributed by atoms with van der Waals surface area (Å²) in [6.45, 7) is 0.366. The molecule has 0 spiro atoms. The lowest BCUT2D eigenvalue weighted by atomic mass is 10.2. The van der Waals surface area contributed by atoms with Gasteiger partial charge in [-0.15, -0.1) is 0 Å². The summed E-state index contributed by atoms with van der Waals surface area (Å²) in [7, 11) is 3.37. The van der Waals surface area contributed by atoms with Crippen molar-refractivity contribution in [1.82, 2.24) is 9.97 Å². The Morgan fingerprint density at radius 3 is 2.89 bits per heavy atom. The number of methoxy groups -OCH3 is 2. The summed E-state index contributed by atoms with van der Waals surface area (Å²) in [6.07, 6.45) is 3.52. The van der Waals surface area contributed by atoms with Gasteiger partial charge in [0.1, 0.15) is 18.2 Å². The van der Waals surface area contributed by atoms with Crippen LogP contribution in [-0.2, 0) is 16.1 Å². The van der Waals surface area contributed by atoms with E-state index < -0.39 is 0 Å². The van der Waals surface area contributed by atoms with Crippen molar-refractivity contribution in [3.63, 3.8) is 0 Å². The van der Waals surface area contributed by atoms with E-state index in [1.54, 1.807) is 20.3 Å². The number of nitrogen functional groups attached to an aromatic ring is 1. The highest BCUT2D eigenvalue weighted by atomic mass is 16.5. The number of nitrogens with one attached hydrogen (secondary N) is 1. The Morgan fingerprint density at radius 1 is 1.39 bits per heavy atom. The molecule has 0 aromatic carbocycles. The first-order valence-electron chi connectivity index (χ1n) is 6.13. The summed E-state index contributed by atoms with van der Waals surface area (Å²) in [5.74, 6) is 1.82. The van der Waals surface area contributed by atoms with Crippen LogP contribution in [0, 0.1) is 0 Å². The third-order valence-electron chi connectivity index (χ3n) is 3.14. The Morgan fingerprint density at radius 2 is 2.22 bits per heavy atom. The van der Waals surface area contributed by atoms with E-state index in [1.165, 1.54) is 0 Å². The summed E-state index contributed by atoms with van der Waals surface area (Å²) in [6, 6.07) is 2.14. The maximum Gasteiger partial charge on any atom is 0.158 e. The van der Waals surface area contributed by atoms with Crippen molar-refractivity contribution >= 4 is 11.6 Å². The first-order valence-corrected chi connectivity index (χ1v) is 6.13. The highest BCUT2D eigenvalue weighted by Gasteiger charge is 2.24. The molecule has 3 N–H and O–H groups in total. The third-order valence-corrected chi connectivity index (χ3v) is 3.14. The molecule has 0 bridgehead atoms. The number of aromatic nitrogens is 2. The smallest absolute Gasteiger partial charge is 0.158 e. The van der Waals surface area contributed by atoms with Crippen LogP contribution >= 0.6 is 0 Å². The second-order valence-electron chi connectivity index (χ2n) is 4.54. The number of ether oxygens (including phenoxy) is 2. The fourth-order valence-electron chi connectivity index (χ4n) is 2.28. The number of rotatable bonds is 5. The van der Waals surface area contributed by atoms with E-state index in [-0.39, 0.29) is 0 Å². The van der Waals surface area contributed by atoms with E-state index in [0.29, 0.717) is 30.4 Å². The van der Waals surface area contributed by atoms with Crippen LogP contribution in [0.1, 0.15) is 25.1 Å². The topological polar surface area (TPSA) is 82.3 Å². The molecule has 1 fully saturated rings. The Hall–Kier alpha value is -1.40. The molecular formula is C12H20N4O2. The van der Waals surface area contributed by atoms with Gasteiger partial charge in [-0.05, 0) is 19.3 Å². The summed E-state index contributed by atoms with van der Waals surface area (Å²) < 4.78 is 10.4. The van der Waals surface area contributed by atoms with E-state index in [1.807, 2.05) is 0 Å². The van der Waals surface area contributed by atoms with Crippen molar-refractivity contribution in [2.24, 2.45) is 0 Å². The van der Waals surface area contributed by atoms with Crippen molar-refractivity contribution < 1.29 is 9.47 Å². The molecule has 6 heteroatoms. The Kier molecular flexibility index (Phi) is 4.33. The fraction of sp³-hybridized carbons (Fsp3) is 0.667. The molecule has 1 aliphatic carbocycles. The van der Waals surface area contributed by atoms with Gasteiger partial charge in [0.05, 0.1) is 6.10 Å². The molecule has 100 valence electrons. The van der Waals surface area contributed by atoms with Crippen molar-refractivity contribution in [3.8, 4) is 0 Å². The molecule has 2 atom stereocenters. The lowest BCUT2D eigenvalue weighted by molar-refractivity contribution is 0.108. The van der Waals surface area contributed by atoms with E-state index in [4.69, 9.17) is 15.2 Å². The molecule has 1 aromatic heterocycles. The molecular weight excluding hydrogens is 232 g/mol. The highest BCUT2D eigenvalue weighted by molar-refractivity contribution is 5.45. The number of hydrogen-bond acceptors (Lipinski definition) is 6. The van der Waals surface area contributed by atoms with Gasteiger partial charge in [0.15, 0.2) is 5.82 Å². The summed E-state index contributed by atoms with van der Waals surface area (Å²) >= 11 is 0. The van der Waals surface area contributed by atoms with Gasteiger partial charge in [-0.1, -0.05) is 0 Å². The van der Waals surface area contributed by atoms with Gasteiger partial charge < -0.3 is 20.5 Å². The van der Waals surface area contributed by atoms with Gasteiger partial charge in [-0.2, -0.15) is 0 Å². The maximum atomic E-state index is 5.75. The lowest BCUT2D eigenvalue weighted by Crippen LogP contribution is -2.19. The first kappa shape index (κ1) is 13.0. The standard InChI is InChI=1S/C12H20N4O2/c1-17-7-12-15-10(13)6-11(16-12)14-8-3-4-9(5-8)18-2/h6,8-9H,3-5,7H2,1-2H3,(H3,13,14,15,16). The molecule has 1 heterocycles. The van der Waals surface area contributed by atoms with Crippen molar-refractivity contribution in [1.29, 1.82) is 0 Å². The average molecular weight is 252 g/mol. The zero-order chi connectivity index (χ0) is 13.0. The van der Waals surface area contributed by atoms with E-state index in [9.17, 15) is 0 Å². The summed E-state index contributed by atoms with van der Waals surface area (Å²) in [4.78, 5) is 8.48. The molecule has 0 radical (unpaired) electrons. The van der Waals surface area contributed by atoms with Crippen molar-refractivity contribution in [2.45, 2.75) is 38.0 Å². The fourth-order valence-corrected chi connectivity index (χ4v) is 2.28. The quantitative estimate of drug-likeness (QED) is 0.819. The SMILES string of the molecule is COCc1nc(N)cc(NC2CCC(OC)C2)n1. The molecule has 6 nitrogen and oxygen atoms in total. The summed E-state index contributed by atoms with van der Waals surface area (Å²) in [5.41, 5.74) is 5.75. The van der Waals surface area contributed by atoms with Crippen LogP contribution in [0.15, 0.2) is 6.07 Å².